The predicted molar refractivity (Wildman–Crippen MR) is 77.9 cm³/mol. The van der Waals surface area contributed by atoms with Gasteiger partial charge in [-0.15, -0.1) is 11.6 Å². The molecule has 5 heteroatoms. The molecule has 110 valence electrons. The fourth-order valence-corrected chi connectivity index (χ4v) is 2.72. The Labute approximate surface area is 124 Å². The topological polar surface area (TPSA) is 58.6 Å². The maximum atomic E-state index is 11.8. The van der Waals surface area contributed by atoms with Crippen LogP contribution in [0.2, 0.25) is 0 Å². The molecule has 0 saturated carbocycles. The van der Waals surface area contributed by atoms with Crippen molar-refractivity contribution in [2.45, 2.75) is 50.3 Å². The standard InChI is InChI=1S/C15H20ClNO3/c1-15(2,3)20-14(19)17-11-8-9-6-4-5-7-10(9)12(16)13(11)18/h4-7,11-13,18H,8H2,1-3H3,(H,17,19)/t11-,12-,13-/m1/s1. The van der Waals surface area contributed by atoms with Crippen molar-refractivity contribution in [1.29, 1.82) is 0 Å². The predicted octanol–water partition coefficient (Wildman–Crippen LogP) is 2.78. The third-order valence-corrected chi connectivity index (χ3v) is 3.70. The Morgan fingerprint density at radius 2 is 2.05 bits per heavy atom. The molecule has 20 heavy (non-hydrogen) atoms. The summed E-state index contributed by atoms with van der Waals surface area (Å²) >= 11 is 6.27. The summed E-state index contributed by atoms with van der Waals surface area (Å²) in [6.45, 7) is 5.39. The summed E-state index contributed by atoms with van der Waals surface area (Å²) in [4.78, 5) is 11.8. The zero-order valence-corrected chi connectivity index (χ0v) is 12.6. The number of benzene rings is 1. The minimum atomic E-state index is -0.834. The van der Waals surface area contributed by atoms with Crippen LogP contribution in [-0.4, -0.2) is 28.9 Å². The zero-order chi connectivity index (χ0) is 14.9. The van der Waals surface area contributed by atoms with E-state index >= 15 is 0 Å². The molecule has 1 aliphatic carbocycles. The van der Waals surface area contributed by atoms with Crippen molar-refractivity contribution in [3.8, 4) is 0 Å². The normalized spacial score (nSPS) is 25.8. The van der Waals surface area contributed by atoms with Gasteiger partial charge in [0, 0.05) is 0 Å². The lowest BCUT2D eigenvalue weighted by Gasteiger charge is -2.34. The molecule has 0 aromatic heterocycles. The van der Waals surface area contributed by atoms with Gasteiger partial charge in [-0.1, -0.05) is 24.3 Å². The number of carbonyl (C=O) groups is 1. The van der Waals surface area contributed by atoms with E-state index in [2.05, 4.69) is 5.32 Å². The van der Waals surface area contributed by atoms with Crippen LogP contribution in [0.3, 0.4) is 0 Å². The van der Waals surface area contributed by atoms with Gasteiger partial charge in [0.05, 0.1) is 17.5 Å². The lowest BCUT2D eigenvalue weighted by atomic mass is 9.86. The monoisotopic (exact) mass is 297 g/mol. The van der Waals surface area contributed by atoms with Crippen LogP contribution in [0, 0.1) is 0 Å². The molecule has 0 spiro atoms. The van der Waals surface area contributed by atoms with Gasteiger partial charge in [0.1, 0.15) is 5.60 Å². The Bertz CT molecular complexity index is 498. The second kappa shape index (κ2) is 5.62. The van der Waals surface area contributed by atoms with Crippen molar-refractivity contribution < 1.29 is 14.6 Å². The molecule has 0 aliphatic heterocycles. The lowest BCUT2D eigenvalue weighted by molar-refractivity contribution is 0.0406. The fourth-order valence-electron chi connectivity index (χ4n) is 2.33. The molecule has 0 bridgehead atoms. The smallest absolute Gasteiger partial charge is 0.407 e. The Kier molecular flexibility index (Phi) is 4.25. The van der Waals surface area contributed by atoms with Gasteiger partial charge in [-0.3, -0.25) is 0 Å². The van der Waals surface area contributed by atoms with E-state index in [0.29, 0.717) is 6.42 Å². The number of fused-ring (bicyclic) bond motifs is 1. The molecule has 1 aliphatic rings. The van der Waals surface area contributed by atoms with Crippen LogP contribution >= 0.6 is 11.6 Å². The first kappa shape index (κ1) is 15.1. The highest BCUT2D eigenvalue weighted by atomic mass is 35.5. The van der Waals surface area contributed by atoms with E-state index in [1.807, 2.05) is 24.3 Å². The molecule has 0 heterocycles. The lowest BCUT2D eigenvalue weighted by Crippen LogP contribution is -2.50. The van der Waals surface area contributed by atoms with Gasteiger partial charge in [0.2, 0.25) is 0 Å². The maximum Gasteiger partial charge on any atom is 0.407 e. The number of aliphatic hydroxyl groups is 1. The summed E-state index contributed by atoms with van der Waals surface area (Å²) < 4.78 is 5.21. The summed E-state index contributed by atoms with van der Waals surface area (Å²) in [5, 5.41) is 12.4. The quantitative estimate of drug-likeness (QED) is 0.784. The minimum absolute atomic E-state index is 0.442. The van der Waals surface area contributed by atoms with E-state index in [0.717, 1.165) is 11.1 Å². The van der Waals surface area contributed by atoms with Crippen molar-refractivity contribution in [3.05, 3.63) is 35.4 Å². The molecule has 0 fully saturated rings. The maximum absolute atomic E-state index is 11.8. The van der Waals surface area contributed by atoms with Gasteiger partial charge in [-0.2, -0.15) is 0 Å². The van der Waals surface area contributed by atoms with Gasteiger partial charge in [-0.05, 0) is 38.3 Å². The SMILES string of the molecule is CC(C)(C)OC(=O)N[C@@H]1Cc2ccccc2[C@@H](Cl)[C@@H]1O. The number of aliphatic hydroxyl groups excluding tert-OH is 1. The van der Waals surface area contributed by atoms with Crippen LogP contribution in [0.5, 0.6) is 0 Å². The van der Waals surface area contributed by atoms with E-state index in [-0.39, 0.29) is 0 Å². The number of ether oxygens (including phenoxy) is 1. The third-order valence-electron chi connectivity index (χ3n) is 3.21. The number of alkyl carbamates (subject to hydrolysis) is 1. The molecule has 4 nitrogen and oxygen atoms in total. The largest absolute Gasteiger partial charge is 0.444 e. The first-order valence-electron chi connectivity index (χ1n) is 6.67. The van der Waals surface area contributed by atoms with Gasteiger partial charge in [-0.25, -0.2) is 4.79 Å². The molecular formula is C15H20ClNO3. The number of hydrogen-bond acceptors (Lipinski definition) is 3. The fraction of sp³-hybridized carbons (Fsp3) is 0.533. The van der Waals surface area contributed by atoms with Crippen molar-refractivity contribution in [2.75, 3.05) is 0 Å². The average Bonchev–Trinajstić information content (AvgIpc) is 2.33. The van der Waals surface area contributed by atoms with E-state index in [9.17, 15) is 9.90 Å². The zero-order valence-electron chi connectivity index (χ0n) is 11.9. The summed E-state index contributed by atoms with van der Waals surface area (Å²) in [6, 6.07) is 7.23. The van der Waals surface area contributed by atoms with E-state index in [1.165, 1.54) is 0 Å². The highest BCUT2D eigenvalue weighted by molar-refractivity contribution is 6.21. The Hall–Kier alpha value is -1.26. The number of hydrogen-bond donors (Lipinski definition) is 2. The van der Waals surface area contributed by atoms with Crippen molar-refractivity contribution in [3.63, 3.8) is 0 Å². The van der Waals surface area contributed by atoms with Gasteiger partial charge >= 0.3 is 6.09 Å². The van der Waals surface area contributed by atoms with Crippen LogP contribution in [0.25, 0.3) is 0 Å². The van der Waals surface area contributed by atoms with Crippen LogP contribution in [0.15, 0.2) is 24.3 Å². The number of nitrogens with one attached hydrogen (secondary N) is 1. The second-order valence-electron chi connectivity index (χ2n) is 6.05. The molecule has 0 saturated heterocycles. The Balaban J connectivity index is 2.09. The molecule has 1 amide bonds. The molecule has 0 unspecified atom stereocenters. The van der Waals surface area contributed by atoms with Gasteiger partial charge in [0.25, 0.3) is 0 Å². The number of halogens is 1. The summed E-state index contributed by atoms with van der Waals surface area (Å²) in [5.74, 6) is 0. The molecule has 3 atom stereocenters. The highest BCUT2D eigenvalue weighted by Crippen LogP contribution is 2.34. The number of rotatable bonds is 1. The first-order valence-corrected chi connectivity index (χ1v) is 7.11. The van der Waals surface area contributed by atoms with E-state index in [1.54, 1.807) is 20.8 Å². The Morgan fingerprint density at radius 3 is 2.70 bits per heavy atom. The summed E-state index contributed by atoms with van der Waals surface area (Å²) in [7, 11) is 0. The van der Waals surface area contributed by atoms with Gasteiger partial charge < -0.3 is 15.2 Å². The molecule has 1 aromatic rings. The average molecular weight is 298 g/mol. The van der Waals surface area contributed by atoms with Crippen LogP contribution < -0.4 is 5.32 Å². The van der Waals surface area contributed by atoms with E-state index in [4.69, 9.17) is 16.3 Å². The highest BCUT2D eigenvalue weighted by Gasteiger charge is 2.35. The molecule has 2 N–H and O–H groups in total. The second-order valence-corrected chi connectivity index (χ2v) is 6.52. The molecular weight excluding hydrogens is 278 g/mol. The number of carbonyl (C=O) groups excluding carboxylic acids is 1. The number of amides is 1. The van der Waals surface area contributed by atoms with Crippen molar-refractivity contribution in [2.24, 2.45) is 0 Å². The van der Waals surface area contributed by atoms with Gasteiger partial charge in [0.15, 0.2) is 0 Å². The van der Waals surface area contributed by atoms with Crippen LogP contribution in [0.1, 0.15) is 37.3 Å². The van der Waals surface area contributed by atoms with E-state index < -0.39 is 29.2 Å². The van der Waals surface area contributed by atoms with Crippen LogP contribution in [-0.2, 0) is 11.2 Å². The first-order chi connectivity index (χ1) is 9.28. The third kappa shape index (κ3) is 3.44. The Morgan fingerprint density at radius 1 is 1.40 bits per heavy atom. The molecule has 0 radical (unpaired) electrons. The summed E-state index contributed by atoms with van der Waals surface area (Å²) in [5.41, 5.74) is 1.39. The van der Waals surface area contributed by atoms with Crippen LogP contribution in [0.4, 0.5) is 4.79 Å². The minimum Gasteiger partial charge on any atom is -0.444 e. The van der Waals surface area contributed by atoms with Crippen molar-refractivity contribution in [1.82, 2.24) is 5.32 Å². The number of alkyl halides is 1. The summed E-state index contributed by atoms with van der Waals surface area (Å²) in [6.07, 6.45) is -0.830. The van der Waals surface area contributed by atoms with Crippen molar-refractivity contribution >= 4 is 17.7 Å². The molecule has 2 rings (SSSR count). The molecule has 1 aromatic carbocycles.